The van der Waals surface area contributed by atoms with Crippen molar-refractivity contribution in [1.29, 1.82) is 0 Å². The maximum atomic E-state index is 12.5. The summed E-state index contributed by atoms with van der Waals surface area (Å²) in [5.74, 6) is -1.18. The number of carbonyl (C=O) groups is 1. The van der Waals surface area contributed by atoms with E-state index in [1.165, 1.54) is 16.8 Å². The van der Waals surface area contributed by atoms with E-state index in [4.69, 9.17) is 10.2 Å². The van der Waals surface area contributed by atoms with Gasteiger partial charge in [0.15, 0.2) is 0 Å². The van der Waals surface area contributed by atoms with Crippen molar-refractivity contribution in [3.63, 3.8) is 0 Å². The summed E-state index contributed by atoms with van der Waals surface area (Å²) in [6.07, 6.45) is 3.41. The zero-order valence-electron chi connectivity index (χ0n) is 11.9. The number of hydrogen-bond donors (Lipinski definition) is 2. The van der Waals surface area contributed by atoms with Gasteiger partial charge < -0.3 is 14.8 Å². The Morgan fingerprint density at radius 2 is 2.19 bits per heavy atom. The van der Waals surface area contributed by atoms with Gasteiger partial charge in [0.2, 0.25) is 10.0 Å². The summed E-state index contributed by atoms with van der Waals surface area (Å²) in [5.41, 5.74) is -0.0713. The molecule has 0 aliphatic heterocycles. The van der Waals surface area contributed by atoms with Crippen LogP contribution in [0.1, 0.15) is 23.8 Å². The van der Waals surface area contributed by atoms with Gasteiger partial charge in [-0.15, -0.1) is 6.58 Å². The molecule has 0 aromatic carbocycles. The number of aliphatic hydroxyl groups excluding tert-OH is 1. The first kappa shape index (κ1) is 17.4. The highest BCUT2D eigenvalue weighted by atomic mass is 32.2. The molecule has 0 fully saturated rings. The van der Waals surface area contributed by atoms with Crippen LogP contribution in [0.3, 0.4) is 0 Å². The number of aryl methyl sites for hydroxylation is 1. The number of aliphatic hydroxyl groups is 1. The van der Waals surface area contributed by atoms with Gasteiger partial charge in [-0.3, -0.25) is 0 Å². The van der Waals surface area contributed by atoms with Gasteiger partial charge in [0.1, 0.15) is 10.6 Å². The van der Waals surface area contributed by atoms with Crippen LogP contribution in [0, 0.1) is 0 Å². The third-order valence-corrected chi connectivity index (χ3v) is 4.71. The van der Waals surface area contributed by atoms with E-state index in [0.717, 1.165) is 10.4 Å². The van der Waals surface area contributed by atoms with Crippen molar-refractivity contribution < 1.29 is 23.4 Å². The summed E-state index contributed by atoms with van der Waals surface area (Å²) in [6, 6.07) is 1.14. The number of nitrogens with zero attached hydrogens (tertiary/aromatic N) is 2. The van der Waals surface area contributed by atoms with Crippen LogP contribution in [-0.4, -0.2) is 53.2 Å². The molecule has 0 saturated heterocycles. The molecule has 0 bridgehead atoms. The lowest BCUT2D eigenvalue weighted by Crippen LogP contribution is -2.33. The van der Waals surface area contributed by atoms with Crippen LogP contribution in [0.15, 0.2) is 29.8 Å². The van der Waals surface area contributed by atoms with Crippen molar-refractivity contribution in [2.24, 2.45) is 0 Å². The molecule has 0 atom stereocenters. The predicted octanol–water partition coefficient (Wildman–Crippen LogP) is 0.765. The number of sulfonamides is 1. The largest absolute Gasteiger partial charge is 0.477 e. The van der Waals surface area contributed by atoms with Gasteiger partial charge >= 0.3 is 5.97 Å². The lowest BCUT2D eigenvalue weighted by atomic mass is 10.4. The van der Waals surface area contributed by atoms with Crippen LogP contribution in [0.25, 0.3) is 0 Å². The lowest BCUT2D eigenvalue weighted by Gasteiger charge is -2.18. The minimum atomic E-state index is -3.86. The van der Waals surface area contributed by atoms with Crippen molar-refractivity contribution in [2.75, 3.05) is 19.7 Å². The molecule has 0 radical (unpaired) electrons. The molecule has 2 N–H and O–H groups in total. The molecule has 1 aromatic heterocycles. The average molecular weight is 316 g/mol. The number of rotatable bonds is 9. The topological polar surface area (TPSA) is 99.8 Å². The Morgan fingerprint density at radius 1 is 1.52 bits per heavy atom. The van der Waals surface area contributed by atoms with Crippen LogP contribution >= 0.6 is 0 Å². The van der Waals surface area contributed by atoms with Crippen LogP contribution < -0.4 is 0 Å². The zero-order valence-corrected chi connectivity index (χ0v) is 12.7. The predicted molar refractivity (Wildman–Crippen MR) is 77.7 cm³/mol. The summed E-state index contributed by atoms with van der Waals surface area (Å²) in [7, 11) is -3.86. The fourth-order valence-corrected chi connectivity index (χ4v) is 3.39. The first-order valence-corrected chi connectivity index (χ1v) is 7.97. The van der Waals surface area contributed by atoms with Crippen molar-refractivity contribution in [2.45, 2.75) is 24.8 Å². The number of carboxylic acid groups (broad SMARTS) is 1. The molecule has 0 amide bonds. The van der Waals surface area contributed by atoms with E-state index in [0.29, 0.717) is 13.0 Å². The first-order valence-electron chi connectivity index (χ1n) is 6.53. The Labute approximate surface area is 124 Å². The van der Waals surface area contributed by atoms with Gasteiger partial charge in [-0.05, 0) is 12.5 Å². The maximum Gasteiger partial charge on any atom is 0.352 e. The molecular weight excluding hydrogens is 296 g/mol. The quantitative estimate of drug-likeness (QED) is 0.655. The molecule has 1 aromatic rings. The normalized spacial score (nSPS) is 11.8. The minimum absolute atomic E-state index is 0.0459. The molecule has 0 spiro atoms. The Morgan fingerprint density at radius 3 is 2.67 bits per heavy atom. The second-order valence-corrected chi connectivity index (χ2v) is 6.37. The molecule has 0 saturated carbocycles. The smallest absolute Gasteiger partial charge is 0.352 e. The lowest BCUT2D eigenvalue weighted by molar-refractivity contribution is 0.0685. The highest BCUT2D eigenvalue weighted by Gasteiger charge is 2.26. The molecule has 8 heteroatoms. The summed E-state index contributed by atoms with van der Waals surface area (Å²) in [4.78, 5) is 11.1. The zero-order chi connectivity index (χ0) is 16.0. The second kappa shape index (κ2) is 7.39. The molecule has 0 unspecified atom stereocenters. The average Bonchev–Trinajstić information content (AvgIpc) is 2.84. The fourth-order valence-electron chi connectivity index (χ4n) is 1.94. The fraction of sp³-hybridized carbons (Fsp3) is 0.462. The van der Waals surface area contributed by atoms with Crippen molar-refractivity contribution in [1.82, 2.24) is 8.87 Å². The summed E-state index contributed by atoms with van der Waals surface area (Å²) < 4.78 is 27.4. The molecule has 1 rings (SSSR count). The van der Waals surface area contributed by atoms with E-state index < -0.39 is 16.0 Å². The number of aromatic carboxylic acids is 1. The van der Waals surface area contributed by atoms with E-state index in [-0.39, 0.29) is 30.3 Å². The number of carboxylic acids is 1. The van der Waals surface area contributed by atoms with Gasteiger partial charge in [-0.2, -0.15) is 4.31 Å². The van der Waals surface area contributed by atoms with Crippen LogP contribution in [0.5, 0.6) is 0 Å². The van der Waals surface area contributed by atoms with Gasteiger partial charge in [0.05, 0.1) is 6.61 Å². The molecule has 118 valence electrons. The van der Waals surface area contributed by atoms with Gasteiger partial charge in [-0.25, -0.2) is 13.2 Å². The molecule has 7 nitrogen and oxygen atoms in total. The first-order chi connectivity index (χ1) is 9.88. The van der Waals surface area contributed by atoms with E-state index in [1.54, 1.807) is 0 Å². The van der Waals surface area contributed by atoms with Gasteiger partial charge in [-0.1, -0.05) is 13.0 Å². The second-order valence-electron chi connectivity index (χ2n) is 4.43. The van der Waals surface area contributed by atoms with Crippen molar-refractivity contribution in [3.05, 3.63) is 30.6 Å². The van der Waals surface area contributed by atoms with Crippen LogP contribution in [-0.2, 0) is 16.6 Å². The van der Waals surface area contributed by atoms with Gasteiger partial charge in [0.25, 0.3) is 0 Å². The molecule has 1 heterocycles. The highest BCUT2D eigenvalue weighted by molar-refractivity contribution is 7.89. The molecule has 21 heavy (non-hydrogen) atoms. The van der Waals surface area contributed by atoms with Crippen LogP contribution in [0.4, 0.5) is 0 Å². The third kappa shape index (κ3) is 3.93. The molecule has 0 aliphatic rings. The Kier molecular flexibility index (Phi) is 6.13. The Bertz CT molecular complexity index is 606. The van der Waals surface area contributed by atoms with E-state index >= 15 is 0 Å². The molecule has 0 aliphatic carbocycles. The Balaban J connectivity index is 3.26. The SMILES string of the molecule is C=CCN(CCO)S(=O)(=O)c1cc(C(=O)O)n(CCC)c1. The maximum absolute atomic E-state index is 12.5. The number of aromatic nitrogens is 1. The van der Waals surface area contributed by atoms with E-state index in [2.05, 4.69) is 6.58 Å². The molecular formula is C13H20N2O5S. The summed E-state index contributed by atoms with van der Waals surface area (Å²) in [6.45, 7) is 5.42. The standard InChI is InChI=1S/C13H20N2O5S/c1-3-5-14-10-11(9-12(14)13(17)18)21(19,20)15(6-4-2)7-8-16/h4,9-10,16H,2-3,5-8H2,1H3,(H,17,18). The van der Waals surface area contributed by atoms with E-state index in [9.17, 15) is 13.2 Å². The monoisotopic (exact) mass is 316 g/mol. The summed E-state index contributed by atoms with van der Waals surface area (Å²) >= 11 is 0. The van der Waals surface area contributed by atoms with Gasteiger partial charge in [0, 0.05) is 25.8 Å². The third-order valence-electron chi connectivity index (χ3n) is 2.88. The summed E-state index contributed by atoms with van der Waals surface area (Å²) in [5, 5.41) is 18.1. The van der Waals surface area contributed by atoms with Crippen molar-refractivity contribution >= 4 is 16.0 Å². The van der Waals surface area contributed by atoms with E-state index in [1.807, 2.05) is 6.92 Å². The highest BCUT2D eigenvalue weighted by Crippen LogP contribution is 2.19. The minimum Gasteiger partial charge on any atom is -0.477 e. The van der Waals surface area contributed by atoms with Crippen molar-refractivity contribution in [3.8, 4) is 0 Å². The number of hydrogen-bond acceptors (Lipinski definition) is 4. The Hall–Kier alpha value is -1.64. The van der Waals surface area contributed by atoms with Crippen LogP contribution in [0.2, 0.25) is 0 Å².